The molecule has 0 spiro atoms. The number of carbonyl (C=O) groups excluding carboxylic acids is 1. The molecule has 2 aromatic carbocycles. The largest absolute Gasteiger partial charge is 0.457 e. The summed E-state index contributed by atoms with van der Waals surface area (Å²) in [6.45, 7) is 0.223. The van der Waals surface area contributed by atoms with Crippen LogP contribution >= 0.6 is 12.2 Å². The van der Waals surface area contributed by atoms with Crippen LogP contribution < -0.4 is 11.1 Å². The standard InChI is InChI=1S/C15H14N2O2S/c16-15(20)17-13-9-5-4-8-12(13)14(18)19-10-11-6-2-1-3-7-11/h1-9H,10H2,(H3,16,17,20). The van der Waals surface area contributed by atoms with Gasteiger partial charge in [-0.3, -0.25) is 0 Å². The van der Waals surface area contributed by atoms with Crippen molar-refractivity contribution in [2.24, 2.45) is 5.73 Å². The Bertz CT molecular complexity index is 614. The van der Waals surface area contributed by atoms with Crippen LogP contribution in [0.25, 0.3) is 0 Å². The summed E-state index contributed by atoms with van der Waals surface area (Å²) in [5, 5.41) is 2.87. The third-order valence-electron chi connectivity index (χ3n) is 2.62. The fourth-order valence-electron chi connectivity index (χ4n) is 1.70. The van der Waals surface area contributed by atoms with Crippen molar-refractivity contribution >= 4 is 29.0 Å². The van der Waals surface area contributed by atoms with Crippen molar-refractivity contribution in [2.45, 2.75) is 6.61 Å². The molecular formula is C15H14N2O2S. The molecule has 0 saturated carbocycles. The van der Waals surface area contributed by atoms with Crippen LogP contribution in [-0.4, -0.2) is 11.1 Å². The van der Waals surface area contributed by atoms with Gasteiger partial charge in [0.15, 0.2) is 5.11 Å². The molecule has 20 heavy (non-hydrogen) atoms. The summed E-state index contributed by atoms with van der Waals surface area (Å²) in [6, 6.07) is 16.4. The molecule has 0 aliphatic carbocycles. The van der Waals surface area contributed by atoms with E-state index < -0.39 is 5.97 Å². The van der Waals surface area contributed by atoms with E-state index >= 15 is 0 Å². The molecule has 0 saturated heterocycles. The van der Waals surface area contributed by atoms with E-state index in [1.54, 1.807) is 24.3 Å². The number of benzene rings is 2. The van der Waals surface area contributed by atoms with Crippen molar-refractivity contribution < 1.29 is 9.53 Å². The highest BCUT2D eigenvalue weighted by atomic mass is 32.1. The van der Waals surface area contributed by atoms with E-state index in [-0.39, 0.29) is 11.7 Å². The van der Waals surface area contributed by atoms with Crippen LogP contribution in [0.15, 0.2) is 54.6 Å². The highest BCUT2D eigenvalue weighted by Gasteiger charge is 2.12. The van der Waals surface area contributed by atoms with Crippen LogP contribution in [0.1, 0.15) is 15.9 Å². The number of para-hydroxylation sites is 1. The number of nitrogens with two attached hydrogens (primary N) is 1. The molecule has 0 radical (unpaired) electrons. The molecule has 0 unspecified atom stereocenters. The van der Waals surface area contributed by atoms with Crippen LogP contribution in [0.3, 0.4) is 0 Å². The predicted molar refractivity (Wildman–Crippen MR) is 82.4 cm³/mol. The highest BCUT2D eigenvalue weighted by Crippen LogP contribution is 2.16. The van der Waals surface area contributed by atoms with Crippen molar-refractivity contribution in [3.05, 3.63) is 65.7 Å². The molecule has 102 valence electrons. The molecule has 2 aromatic rings. The first-order valence-corrected chi connectivity index (χ1v) is 6.44. The fourth-order valence-corrected chi connectivity index (χ4v) is 1.81. The normalized spacial score (nSPS) is 9.80. The number of ether oxygens (including phenoxy) is 1. The van der Waals surface area contributed by atoms with E-state index in [0.29, 0.717) is 11.3 Å². The topological polar surface area (TPSA) is 64.3 Å². The molecule has 4 nitrogen and oxygen atoms in total. The Hall–Kier alpha value is -2.40. The van der Waals surface area contributed by atoms with Crippen molar-refractivity contribution in [1.82, 2.24) is 0 Å². The average molecular weight is 286 g/mol. The Kier molecular flexibility index (Phi) is 4.68. The summed E-state index contributed by atoms with van der Waals surface area (Å²) >= 11 is 4.78. The summed E-state index contributed by atoms with van der Waals surface area (Å²) in [6.07, 6.45) is 0. The number of hydrogen-bond donors (Lipinski definition) is 2. The third kappa shape index (κ3) is 3.80. The zero-order valence-corrected chi connectivity index (χ0v) is 11.5. The number of carbonyl (C=O) groups is 1. The Morgan fingerprint density at radius 3 is 2.45 bits per heavy atom. The fraction of sp³-hybridized carbons (Fsp3) is 0.0667. The molecule has 0 heterocycles. The van der Waals surface area contributed by atoms with Gasteiger partial charge in [-0.25, -0.2) is 4.79 Å². The van der Waals surface area contributed by atoms with Crippen molar-refractivity contribution in [3.8, 4) is 0 Å². The molecule has 3 N–H and O–H groups in total. The van der Waals surface area contributed by atoms with Crippen LogP contribution in [0.5, 0.6) is 0 Å². The maximum Gasteiger partial charge on any atom is 0.340 e. The monoisotopic (exact) mass is 286 g/mol. The molecule has 0 aromatic heterocycles. The van der Waals surface area contributed by atoms with Gasteiger partial charge in [0.1, 0.15) is 6.61 Å². The lowest BCUT2D eigenvalue weighted by molar-refractivity contribution is 0.0474. The minimum Gasteiger partial charge on any atom is -0.457 e. The van der Waals surface area contributed by atoms with Crippen molar-refractivity contribution in [2.75, 3.05) is 5.32 Å². The van der Waals surface area contributed by atoms with E-state index in [2.05, 4.69) is 5.32 Å². The lowest BCUT2D eigenvalue weighted by Crippen LogP contribution is -2.21. The second kappa shape index (κ2) is 6.68. The van der Waals surface area contributed by atoms with Gasteiger partial charge in [0.2, 0.25) is 0 Å². The Morgan fingerprint density at radius 1 is 1.10 bits per heavy atom. The maximum absolute atomic E-state index is 12.1. The minimum absolute atomic E-state index is 0.105. The predicted octanol–water partition coefficient (Wildman–Crippen LogP) is 2.70. The quantitative estimate of drug-likeness (QED) is 0.668. The molecule has 0 amide bonds. The summed E-state index contributed by atoms with van der Waals surface area (Å²) in [5.41, 5.74) is 7.30. The van der Waals surface area contributed by atoms with Crippen molar-refractivity contribution in [3.63, 3.8) is 0 Å². The van der Waals surface area contributed by atoms with E-state index in [9.17, 15) is 4.79 Å². The van der Waals surface area contributed by atoms with Crippen LogP contribution in [0.4, 0.5) is 5.69 Å². The first kappa shape index (κ1) is 14.0. The van der Waals surface area contributed by atoms with E-state index in [1.165, 1.54) is 0 Å². The van der Waals surface area contributed by atoms with Crippen LogP contribution in [0, 0.1) is 0 Å². The first-order valence-electron chi connectivity index (χ1n) is 6.03. The molecular weight excluding hydrogens is 272 g/mol. The first-order chi connectivity index (χ1) is 9.66. The molecule has 0 fully saturated rings. The Morgan fingerprint density at radius 2 is 1.75 bits per heavy atom. The van der Waals surface area contributed by atoms with Gasteiger partial charge >= 0.3 is 5.97 Å². The summed E-state index contributed by atoms with van der Waals surface area (Å²) in [7, 11) is 0. The lowest BCUT2D eigenvalue weighted by Gasteiger charge is -2.10. The Balaban J connectivity index is 2.07. The molecule has 0 atom stereocenters. The Labute approximate surface area is 122 Å². The number of esters is 1. The molecule has 0 aliphatic heterocycles. The lowest BCUT2D eigenvalue weighted by atomic mass is 10.2. The highest BCUT2D eigenvalue weighted by molar-refractivity contribution is 7.80. The zero-order chi connectivity index (χ0) is 14.4. The van der Waals surface area contributed by atoms with Crippen molar-refractivity contribution in [1.29, 1.82) is 0 Å². The average Bonchev–Trinajstić information content (AvgIpc) is 2.46. The van der Waals surface area contributed by atoms with Crippen LogP contribution in [-0.2, 0) is 11.3 Å². The maximum atomic E-state index is 12.1. The molecule has 2 rings (SSSR count). The van der Waals surface area contributed by atoms with Gasteiger partial charge in [-0.1, -0.05) is 42.5 Å². The summed E-state index contributed by atoms with van der Waals surface area (Å²) in [4.78, 5) is 12.1. The SMILES string of the molecule is NC(=S)Nc1ccccc1C(=O)OCc1ccccc1. The third-order valence-corrected chi connectivity index (χ3v) is 2.72. The van der Waals surface area contributed by atoms with Gasteiger partial charge in [0.25, 0.3) is 0 Å². The van der Waals surface area contributed by atoms with Gasteiger partial charge < -0.3 is 15.8 Å². The number of hydrogen-bond acceptors (Lipinski definition) is 3. The number of thiocarbonyl (C=S) groups is 1. The zero-order valence-electron chi connectivity index (χ0n) is 10.7. The minimum atomic E-state index is -0.423. The molecule has 0 aliphatic rings. The van der Waals surface area contributed by atoms with Gasteiger partial charge in [0, 0.05) is 0 Å². The van der Waals surface area contributed by atoms with Gasteiger partial charge in [0.05, 0.1) is 11.3 Å². The number of anilines is 1. The smallest absolute Gasteiger partial charge is 0.340 e. The van der Waals surface area contributed by atoms with Crippen LogP contribution in [0.2, 0.25) is 0 Å². The molecule has 5 heteroatoms. The van der Waals surface area contributed by atoms with E-state index in [1.807, 2.05) is 30.3 Å². The number of nitrogens with one attached hydrogen (secondary N) is 1. The van der Waals surface area contributed by atoms with E-state index in [0.717, 1.165) is 5.56 Å². The molecule has 0 bridgehead atoms. The number of rotatable bonds is 4. The second-order valence-electron chi connectivity index (χ2n) is 4.10. The van der Waals surface area contributed by atoms with Gasteiger partial charge in [-0.15, -0.1) is 0 Å². The summed E-state index contributed by atoms with van der Waals surface area (Å²) < 4.78 is 5.27. The summed E-state index contributed by atoms with van der Waals surface area (Å²) in [5.74, 6) is -0.423. The second-order valence-corrected chi connectivity index (χ2v) is 4.54. The van der Waals surface area contributed by atoms with Gasteiger partial charge in [-0.2, -0.15) is 0 Å². The van der Waals surface area contributed by atoms with Gasteiger partial charge in [-0.05, 0) is 29.9 Å². The van der Waals surface area contributed by atoms with E-state index in [4.69, 9.17) is 22.7 Å².